The molecule has 2 aromatic rings. The van der Waals surface area contributed by atoms with Crippen LogP contribution in [0.5, 0.6) is 0 Å². The highest BCUT2D eigenvalue weighted by Crippen LogP contribution is 2.15. The number of carbonyl (C=O) groups excluding carboxylic acids is 1. The second-order valence-electron chi connectivity index (χ2n) is 4.04. The van der Waals surface area contributed by atoms with Crippen LogP contribution in [-0.2, 0) is 16.0 Å². The van der Waals surface area contributed by atoms with Crippen molar-refractivity contribution in [3.8, 4) is 0 Å². The van der Waals surface area contributed by atoms with E-state index in [-0.39, 0.29) is 12.0 Å². The molecule has 1 aromatic heterocycles. The van der Waals surface area contributed by atoms with E-state index in [2.05, 4.69) is 9.72 Å². The summed E-state index contributed by atoms with van der Waals surface area (Å²) in [6.07, 6.45) is 0.275. The van der Waals surface area contributed by atoms with Crippen LogP contribution in [0.4, 0.5) is 0 Å². The van der Waals surface area contributed by atoms with Gasteiger partial charge in [-0.1, -0.05) is 18.2 Å². The number of esters is 1. The third kappa shape index (κ3) is 2.41. The second-order valence-corrected chi connectivity index (χ2v) is 4.04. The fourth-order valence-corrected chi connectivity index (χ4v) is 1.92. The number of ether oxygens (including phenoxy) is 1. The molecule has 2 rings (SSSR count). The van der Waals surface area contributed by atoms with Crippen LogP contribution in [0.15, 0.2) is 35.1 Å². The van der Waals surface area contributed by atoms with Gasteiger partial charge in [0, 0.05) is 17.0 Å². The van der Waals surface area contributed by atoms with Gasteiger partial charge in [0.1, 0.15) is 6.04 Å². The number of para-hydroxylation sites is 1. The van der Waals surface area contributed by atoms with E-state index in [0.717, 1.165) is 16.5 Å². The number of nitrogens with one attached hydrogen (secondary N) is 1. The van der Waals surface area contributed by atoms with E-state index in [1.807, 2.05) is 24.3 Å². The van der Waals surface area contributed by atoms with Crippen molar-refractivity contribution >= 4 is 16.9 Å². The molecule has 0 bridgehead atoms. The van der Waals surface area contributed by atoms with Gasteiger partial charge < -0.3 is 15.5 Å². The first kappa shape index (κ1) is 12.3. The molecule has 1 atom stereocenters. The third-order valence-corrected chi connectivity index (χ3v) is 2.78. The van der Waals surface area contributed by atoms with E-state index in [9.17, 15) is 9.59 Å². The molecule has 0 unspecified atom stereocenters. The van der Waals surface area contributed by atoms with Crippen molar-refractivity contribution in [2.75, 3.05) is 7.11 Å². The Hall–Kier alpha value is -2.14. The summed E-state index contributed by atoms with van der Waals surface area (Å²) in [5, 5.41) is 0.886. The smallest absolute Gasteiger partial charge is 0.322 e. The van der Waals surface area contributed by atoms with Crippen LogP contribution >= 0.6 is 0 Å². The number of benzene rings is 1. The van der Waals surface area contributed by atoms with Gasteiger partial charge >= 0.3 is 5.97 Å². The Labute approximate surface area is 104 Å². The lowest BCUT2D eigenvalue weighted by atomic mass is 10.0. The van der Waals surface area contributed by atoms with Crippen LogP contribution in [-0.4, -0.2) is 24.1 Å². The number of aromatic nitrogens is 1. The van der Waals surface area contributed by atoms with Crippen LogP contribution in [0, 0.1) is 0 Å². The number of hydrogen-bond donors (Lipinski definition) is 2. The van der Waals surface area contributed by atoms with E-state index in [4.69, 9.17) is 5.73 Å². The number of carbonyl (C=O) groups is 1. The molecular formula is C13H14N2O3. The Morgan fingerprint density at radius 2 is 2.17 bits per heavy atom. The summed E-state index contributed by atoms with van der Waals surface area (Å²) in [5.74, 6) is -0.487. The minimum atomic E-state index is -0.764. The number of methoxy groups -OCH3 is 1. The van der Waals surface area contributed by atoms with E-state index in [1.54, 1.807) is 0 Å². The maximum atomic E-state index is 11.5. The number of hydrogen-bond acceptors (Lipinski definition) is 4. The van der Waals surface area contributed by atoms with Gasteiger partial charge in [-0.25, -0.2) is 0 Å². The molecule has 0 radical (unpaired) electrons. The summed E-state index contributed by atoms with van der Waals surface area (Å²) in [7, 11) is 1.29. The molecule has 0 saturated carbocycles. The van der Waals surface area contributed by atoms with Gasteiger partial charge in [0.15, 0.2) is 0 Å². The Balaban J connectivity index is 2.44. The molecule has 94 valence electrons. The van der Waals surface area contributed by atoms with Crippen molar-refractivity contribution in [2.24, 2.45) is 5.73 Å². The predicted octanol–water partition coefficient (Wildman–Crippen LogP) is 0.571. The maximum absolute atomic E-state index is 11.5. The van der Waals surface area contributed by atoms with Crippen molar-refractivity contribution < 1.29 is 9.53 Å². The molecule has 0 aliphatic heterocycles. The first-order chi connectivity index (χ1) is 8.61. The number of pyridine rings is 1. The SMILES string of the molecule is COC(=O)[C@H](N)Cc1cc(=O)[nH]c2ccccc12. The lowest BCUT2D eigenvalue weighted by molar-refractivity contribution is -0.142. The van der Waals surface area contributed by atoms with Crippen molar-refractivity contribution in [1.29, 1.82) is 0 Å². The van der Waals surface area contributed by atoms with Crippen molar-refractivity contribution in [3.05, 3.63) is 46.2 Å². The summed E-state index contributed by atoms with van der Waals surface area (Å²) < 4.78 is 4.58. The van der Waals surface area contributed by atoms with Crippen molar-refractivity contribution in [3.63, 3.8) is 0 Å². The number of H-pyrrole nitrogens is 1. The van der Waals surface area contributed by atoms with Gasteiger partial charge in [0.2, 0.25) is 5.56 Å². The first-order valence-corrected chi connectivity index (χ1v) is 5.56. The Kier molecular flexibility index (Phi) is 3.43. The van der Waals surface area contributed by atoms with Crippen molar-refractivity contribution in [1.82, 2.24) is 4.98 Å². The van der Waals surface area contributed by atoms with Gasteiger partial charge in [0.05, 0.1) is 7.11 Å². The Morgan fingerprint density at radius 1 is 1.44 bits per heavy atom. The summed E-state index contributed by atoms with van der Waals surface area (Å²) in [6, 6.07) is 8.09. The molecular weight excluding hydrogens is 232 g/mol. The van der Waals surface area contributed by atoms with E-state index < -0.39 is 12.0 Å². The largest absolute Gasteiger partial charge is 0.468 e. The van der Waals surface area contributed by atoms with Crippen molar-refractivity contribution in [2.45, 2.75) is 12.5 Å². The summed E-state index contributed by atoms with van der Waals surface area (Å²) in [6.45, 7) is 0. The standard InChI is InChI=1S/C13H14N2O3/c1-18-13(17)10(14)6-8-7-12(16)15-11-5-3-2-4-9(8)11/h2-5,7,10H,6,14H2,1H3,(H,15,16)/t10-/m1/s1. The Bertz CT molecular complexity index is 633. The van der Waals surface area contributed by atoms with Crippen LogP contribution in [0.3, 0.4) is 0 Å². The lowest BCUT2D eigenvalue weighted by Crippen LogP contribution is -2.34. The molecule has 5 heteroatoms. The molecule has 1 heterocycles. The topological polar surface area (TPSA) is 85.2 Å². The predicted molar refractivity (Wildman–Crippen MR) is 68.3 cm³/mol. The first-order valence-electron chi connectivity index (χ1n) is 5.56. The highest BCUT2D eigenvalue weighted by molar-refractivity contribution is 5.83. The second kappa shape index (κ2) is 5.01. The summed E-state index contributed by atoms with van der Waals surface area (Å²) >= 11 is 0. The fourth-order valence-electron chi connectivity index (χ4n) is 1.92. The zero-order valence-corrected chi connectivity index (χ0v) is 9.97. The molecule has 3 N–H and O–H groups in total. The zero-order chi connectivity index (χ0) is 13.1. The summed E-state index contributed by atoms with van der Waals surface area (Å²) in [4.78, 5) is 25.6. The molecule has 0 spiro atoms. The Morgan fingerprint density at radius 3 is 2.89 bits per heavy atom. The van der Waals surface area contributed by atoms with Crippen LogP contribution in [0.2, 0.25) is 0 Å². The number of nitrogens with two attached hydrogens (primary N) is 1. The average Bonchev–Trinajstić information content (AvgIpc) is 2.37. The molecule has 18 heavy (non-hydrogen) atoms. The highest BCUT2D eigenvalue weighted by Gasteiger charge is 2.16. The average molecular weight is 246 g/mol. The zero-order valence-electron chi connectivity index (χ0n) is 9.97. The highest BCUT2D eigenvalue weighted by atomic mass is 16.5. The van der Waals surface area contributed by atoms with Crippen LogP contribution in [0.1, 0.15) is 5.56 Å². The van der Waals surface area contributed by atoms with E-state index in [1.165, 1.54) is 13.2 Å². The molecule has 0 saturated heterocycles. The van der Waals surface area contributed by atoms with Crippen LogP contribution in [0.25, 0.3) is 10.9 Å². The number of rotatable bonds is 3. The molecule has 5 nitrogen and oxygen atoms in total. The maximum Gasteiger partial charge on any atom is 0.322 e. The number of aromatic amines is 1. The van der Waals surface area contributed by atoms with Gasteiger partial charge in [-0.15, -0.1) is 0 Å². The van der Waals surface area contributed by atoms with Gasteiger partial charge in [-0.3, -0.25) is 9.59 Å². The third-order valence-electron chi connectivity index (χ3n) is 2.78. The minimum Gasteiger partial charge on any atom is -0.468 e. The monoisotopic (exact) mass is 246 g/mol. The quantitative estimate of drug-likeness (QED) is 0.775. The molecule has 0 amide bonds. The molecule has 0 aliphatic carbocycles. The molecule has 0 aliphatic rings. The normalized spacial score (nSPS) is 12.3. The summed E-state index contributed by atoms with van der Waals surface area (Å²) in [5.41, 5.74) is 6.98. The van der Waals surface area contributed by atoms with Crippen LogP contribution < -0.4 is 11.3 Å². The van der Waals surface area contributed by atoms with E-state index >= 15 is 0 Å². The van der Waals surface area contributed by atoms with Gasteiger partial charge in [0.25, 0.3) is 0 Å². The number of fused-ring (bicyclic) bond motifs is 1. The lowest BCUT2D eigenvalue weighted by Gasteiger charge is -2.11. The molecule has 0 fully saturated rings. The minimum absolute atomic E-state index is 0.208. The fraction of sp³-hybridized carbons (Fsp3) is 0.231. The molecule has 1 aromatic carbocycles. The van der Waals surface area contributed by atoms with E-state index in [0.29, 0.717) is 0 Å². The van der Waals surface area contributed by atoms with Gasteiger partial charge in [-0.2, -0.15) is 0 Å². The van der Waals surface area contributed by atoms with Gasteiger partial charge in [-0.05, 0) is 18.1 Å².